The van der Waals surface area contributed by atoms with Gasteiger partial charge in [-0.25, -0.2) is 0 Å². The summed E-state index contributed by atoms with van der Waals surface area (Å²) in [4.78, 5) is 14.3. The highest BCUT2D eigenvalue weighted by atomic mass is 16.5. The third kappa shape index (κ3) is 4.35. The van der Waals surface area contributed by atoms with Crippen molar-refractivity contribution in [2.45, 2.75) is 12.5 Å². The van der Waals surface area contributed by atoms with E-state index in [1.165, 1.54) is 6.08 Å². The van der Waals surface area contributed by atoms with E-state index in [4.69, 9.17) is 13.9 Å². The average molecular weight is 342 g/mol. The number of nitrogens with zero attached hydrogens (tertiary/aromatic N) is 1. The van der Waals surface area contributed by atoms with Crippen molar-refractivity contribution >= 4 is 17.7 Å². The zero-order chi connectivity index (χ0) is 17.6. The van der Waals surface area contributed by atoms with Gasteiger partial charge < -0.3 is 24.1 Å². The lowest BCUT2D eigenvalue weighted by Gasteiger charge is -2.20. The largest absolute Gasteiger partial charge is 0.497 e. The molecule has 132 valence electrons. The second-order valence-corrected chi connectivity index (χ2v) is 5.86. The summed E-state index contributed by atoms with van der Waals surface area (Å²) in [5, 5.41) is 3.03. The average Bonchev–Trinajstić information content (AvgIpc) is 3.31. The fourth-order valence-corrected chi connectivity index (χ4v) is 2.88. The molecular weight excluding hydrogens is 320 g/mol. The van der Waals surface area contributed by atoms with Gasteiger partial charge in [-0.1, -0.05) is 0 Å². The Balaban J connectivity index is 1.59. The number of ether oxygens (including phenoxy) is 2. The number of hydrogen-bond acceptors (Lipinski definition) is 5. The number of amides is 1. The monoisotopic (exact) mass is 342 g/mol. The van der Waals surface area contributed by atoms with Crippen LogP contribution in [0, 0.1) is 0 Å². The first kappa shape index (κ1) is 17.0. The van der Waals surface area contributed by atoms with Crippen LogP contribution in [0.2, 0.25) is 0 Å². The summed E-state index contributed by atoms with van der Waals surface area (Å²) < 4.78 is 15.8. The van der Waals surface area contributed by atoms with Crippen molar-refractivity contribution in [3.8, 4) is 11.5 Å². The number of furan rings is 1. The lowest BCUT2D eigenvalue weighted by atomic mass is 10.2. The summed E-state index contributed by atoms with van der Waals surface area (Å²) in [5.74, 6) is 2.05. The maximum absolute atomic E-state index is 12.0. The molecule has 1 N–H and O–H groups in total. The highest BCUT2D eigenvalue weighted by Gasteiger charge is 2.24. The van der Waals surface area contributed by atoms with Gasteiger partial charge in [-0.2, -0.15) is 0 Å². The molecular formula is C19H22N2O4. The van der Waals surface area contributed by atoms with Gasteiger partial charge in [0.15, 0.2) is 0 Å². The summed E-state index contributed by atoms with van der Waals surface area (Å²) >= 11 is 0. The Bertz CT molecular complexity index is 718. The maximum atomic E-state index is 12.0. The summed E-state index contributed by atoms with van der Waals surface area (Å²) in [6.07, 6.45) is 5.62. The molecule has 2 heterocycles. The third-order valence-corrected chi connectivity index (χ3v) is 4.18. The minimum atomic E-state index is -0.119. The zero-order valence-electron chi connectivity index (χ0n) is 14.4. The molecule has 0 saturated carbocycles. The fraction of sp³-hybridized carbons (Fsp3) is 0.316. The van der Waals surface area contributed by atoms with Crippen molar-refractivity contribution in [3.05, 3.63) is 48.4 Å². The van der Waals surface area contributed by atoms with Gasteiger partial charge in [0.1, 0.15) is 17.3 Å². The Kier molecular flexibility index (Phi) is 5.28. The Hall–Kier alpha value is -2.89. The standard InChI is InChI=1S/C19H22N2O4/c1-23-17-10-15(11-18(12-17)24-2)21-8-7-14(13-21)20-19(22)6-5-16-4-3-9-25-16/h3-6,9-12,14H,7-8,13H2,1-2H3,(H,20,22). The molecule has 2 aromatic rings. The topological polar surface area (TPSA) is 63.9 Å². The SMILES string of the molecule is COc1cc(OC)cc(N2CCC(NC(=O)C=Cc3ccco3)C2)c1. The third-order valence-electron chi connectivity index (χ3n) is 4.18. The quantitative estimate of drug-likeness (QED) is 0.818. The van der Waals surface area contributed by atoms with Crippen LogP contribution >= 0.6 is 0 Å². The van der Waals surface area contributed by atoms with E-state index in [9.17, 15) is 4.79 Å². The lowest BCUT2D eigenvalue weighted by molar-refractivity contribution is -0.117. The molecule has 1 amide bonds. The molecule has 0 radical (unpaired) electrons. The minimum absolute atomic E-state index is 0.103. The van der Waals surface area contributed by atoms with E-state index in [1.54, 1.807) is 38.7 Å². The van der Waals surface area contributed by atoms with Gasteiger partial charge >= 0.3 is 0 Å². The first-order chi connectivity index (χ1) is 12.2. The van der Waals surface area contributed by atoms with E-state index in [-0.39, 0.29) is 11.9 Å². The number of rotatable bonds is 6. The van der Waals surface area contributed by atoms with Crippen LogP contribution in [-0.4, -0.2) is 39.3 Å². The van der Waals surface area contributed by atoms with Gasteiger partial charge in [-0.05, 0) is 24.6 Å². The van der Waals surface area contributed by atoms with Gasteiger partial charge in [0.25, 0.3) is 0 Å². The second-order valence-electron chi connectivity index (χ2n) is 5.86. The van der Waals surface area contributed by atoms with Crippen LogP contribution in [0.1, 0.15) is 12.2 Å². The summed E-state index contributed by atoms with van der Waals surface area (Å²) in [7, 11) is 3.27. The van der Waals surface area contributed by atoms with Crippen LogP contribution in [0.5, 0.6) is 11.5 Å². The number of methoxy groups -OCH3 is 2. The predicted molar refractivity (Wildman–Crippen MR) is 96.0 cm³/mol. The Morgan fingerprint density at radius 2 is 2.04 bits per heavy atom. The van der Waals surface area contributed by atoms with Crippen LogP contribution in [0.25, 0.3) is 6.08 Å². The highest BCUT2D eigenvalue weighted by Crippen LogP contribution is 2.30. The van der Waals surface area contributed by atoms with E-state index in [0.29, 0.717) is 5.76 Å². The second kappa shape index (κ2) is 7.79. The van der Waals surface area contributed by atoms with Crippen molar-refractivity contribution in [2.75, 3.05) is 32.2 Å². The molecule has 1 aliphatic heterocycles. The Labute approximate surface area is 147 Å². The number of anilines is 1. The van der Waals surface area contributed by atoms with Crippen LogP contribution < -0.4 is 19.7 Å². The van der Waals surface area contributed by atoms with Crippen molar-refractivity contribution in [2.24, 2.45) is 0 Å². The van der Waals surface area contributed by atoms with Gasteiger partial charge in [0.2, 0.25) is 5.91 Å². The molecule has 1 saturated heterocycles. The van der Waals surface area contributed by atoms with Gasteiger partial charge in [0, 0.05) is 49.1 Å². The van der Waals surface area contributed by atoms with Crippen LogP contribution in [0.15, 0.2) is 47.1 Å². The molecule has 1 unspecified atom stereocenters. The summed E-state index contributed by atoms with van der Waals surface area (Å²) in [6, 6.07) is 9.49. The van der Waals surface area contributed by atoms with Gasteiger partial charge in [0.05, 0.1) is 20.5 Å². The first-order valence-electron chi connectivity index (χ1n) is 8.18. The normalized spacial score (nSPS) is 17.0. The first-order valence-corrected chi connectivity index (χ1v) is 8.18. The fourth-order valence-electron chi connectivity index (χ4n) is 2.88. The van der Waals surface area contributed by atoms with E-state index in [1.807, 2.05) is 18.2 Å². The Morgan fingerprint density at radius 1 is 1.28 bits per heavy atom. The van der Waals surface area contributed by atoms with Crippen molar-refractivity contribution in [3.63, 3.8) is 0 Å². The van der Waals surface area contributed by atoms with Crippen molar-refractivity contribution in [1.82, 2.24) is 5.32 Å². The van der Waals surface area contributed by atoms with Gasteiger partial charge in [-0.15, -0.1) is 0 Å². The van der Waals surface area contributed by atoms with Crippen LogP contribution in [0.4, 0.5) is 5.69 Å². The molecule has 1 aliphatic rings. The smallest absolute Gasteiger partial charge is 0.244 e. The molecule has 1 aromatic carbocycles. The summed E-state index contributed by atoms with van der Waals surface area (Å²) in [6.45, 7) is 1.61. The number of carbonyl (C=O) groups excluding carboxylic acids is 1. The van der Waals surface area contributed by atoms with E-state index >= 15 is 0 Å². The zero-order valence-corrected chi connectivity index (χ0v) is 14.4. The predicted octanol–water partition coefficient (Wildman–Crippen LogP) is 2.71. The molecule has 0 spiro atoms. The lowest BCUT2D eigenvalue weighted by Crippen LogP contribution is -2.36. The van der Waals surface area contributed by atoms with E-state index in [0.717, 1.165) is 36.7 Å². The van der Waals surface area contributed by atoms with Crippen LogP contribution in [0.3, 0.4) is 0 Å². The molecule has 0 bridgehead atoms. The molecule has 1 aromatic heterocycles. The van der Waals surface area contributed by atoms with E-state index < -0.39 is 0 Å². The number of hydrogen-bond donors (Lipinski definition) is 1. The number of benzene rings is 1. The van der Waals surface area contributed by atoms with Crippen molar-refractivity contribution in [1.29, 1.82) is 0 Å². The molecule has 1 atom stereocenters. The highest BCUT2D eigenvalue weighted by molar-refractivity contribution is 5.91. The van der Waals surface area contributed by atoms with Crippen molar-refractivity contribution < 1.29 is 18.7 Å². The molecule has 1 fully saturated rings. The van der Waals surface area contributed by atoms with Gasteiger partial charge in [-0.3, -0.25) is 4.79 Å². The molecule has 3 rings (SSSR count). The maximum Gasteiger partial charge on any atom is 0.244 e. The molecule has 25 heavy (non-hydrogen) atoms. The molecule has 0 aliphatic carbocycles. The van der Waals surface area contributed by atoms with E-state index in [2.05, 4.69) is 10.2 Å². The molecule has 6 nitrogen and oxygen atoms in total. The minimum Gasteiger partial charge on any atom is -0.497 e. The van der Waals surface area contributed by atoms with Crippen LogP contribution in [-0.2, 0) is 4.79 Å². The summed E-state index contributed by atoms with van der Waals surface area (Å²) in [5.41, 5.74) is 1.03. The number of carbonyl (C=O) groups is 1. The Morgan fingerprint density at radius 3 is 2.68 bits per heavy atom. The number of nitrogens with one attached hydrogen (secondary N) is 1. The molecule has 6 heteroatoms.